The average Bonchev–Trinajstić information content (AvgIpc) is 2.30. The predicted molar refractivity (Wildman–Crippen MR) is 51.0 cm³/mol. The molecule has 1 aliphatic heterocycles. The molecule has 1 rings (SSSR count). The van der Waals surface area contributed by atoms with Crippen LogP contribution < -0.4 is 0 Å². The third-order valence-electron chi connectivity index (χ3n) is 1.89. The normalized spacial score (nSPS) is 35.9. The number of esters is 1. The van der Waals surface area contributed by atoms with E-state index in [1.54, 1.807) is 11.8 Å². The number of carbonyl (C=O) groups is 1. The number of hydrogen-bond acceptors (Lipinski definition) is 3. The molecule has 0 aromatic rings. The van der Waals surface area contributed by atoms with Gasteiger partial charge in [0, 0.05) is 0 Å². The van der Waals surface area contributed by atoms with Gasteiger partial charge in [0.15, 0.2) is 4.93 Å². The maximum Gasteiger partial charge on any atom is 0.320 e. The van der Waals surface area contributed by atoms with Gasteiger partial charge in [-0.2, -0.15) is 0 Å². The molecule has 0 spiro atoms. The maximum atomic E-state index is 11.1. The van der Waals surface area contributed by atoms with E-state index < -0.39 is 0 Å². The quantitative estimate of drug-likeness (QED) is 0.489. The zero-order chi connectivity index (χ0) is 9.19. The van der Waals surface area contributed by atoms with Crippen LogP contribution >= 0.6 is 11.8 Å². The summed E-state index contributed by atoms with van der Waals surface area (Å²) in [5, 5.41) is -0.0267. The Morgan fingerprint density at radius 3 is 2.75 bits per heavy atom. The molecule has 0 aromatic carbocycles. The van der Waals surface area contributed by atoms with E-state index in [1.807, 2.05) is 32.9 Å². The van der Waals surface area contributed by atoms with Gasteiger partial charge in [0.1, 0.15) is 5.25 Å². The Labute approximate surface area is 77.4 Å². The van der Waals surface area contributed by atoms with Crippen LogP contribution in [0.2, 0.25) is 0 Å². The van der Waals surface area contributed by atoms with Crippen LogP contribution in [-0.2, 0) is 9.53 Å². The zero-order valence-corrected chi connectivity index (χ0v) is 8.48. The minimum absolute atomic E-state index is 0.0267. The van der Waals surface area contributed by atoms with E-state index in [0.29, 0.717) is 0 Å². The number of hydrogen-bond donors (Lipinski definition) is 0. The van der Waals surface area contributed by atoms with Crippen LogP contribution in [0.25, 0.3) is 0 Å². The molecule has 0 amide bonds. The molecule has 0 saturated carbocycles. The van der Waals surface area contributed by atoms with Gasteiger partial charge in [-0.25, -0.2) is 0 Å². The Bertz CT molecular complexity index is 213. The van der Waals surface area contributed by atoms with Gasteiger partial charge < -0.3 is 4.74 Å². The second kappa shape index (κ2) is 3.52. The minimum Gasteiger partial charge on any atom is -0.443 e. The first-order chi connectivity index (χ1) is 5.63. The maximum absolute atomic E-state index is 11.1. The molecule has 68 valence electrons. The summed E-state index contributed by atoms with van der Waals surface area (Å²) in [6.07, 6.45) is 4.72. The highest BCUT2D eigenvalue weighted by atomic mass is 32.2. The van der Waals surface area contributed by atoms with E-state index in [-0.39, 0.29) is 16.2 Å². The molecule has 1 aliphatic rings. The van der Waals surface area contributed by atoms with Crippen molar-refractivity contribution in [2.24, 2.45) is 0 Å². The van der Waals surface area contributed by atoms with Crippen molar-refractivity contribution < 1.29 is 9.53 Å². The Morgan fingerprint density at radius 2 is 2.42 bits per heavy atom. The zero-order valence-electron chi connectivity index (χ0n) is 7.66. The van der Waals surface area contributed by atoms with E-state index in [2.05, 4.69) is 0 Å². The monoisotopic (exact) mass is 186 g/mol. The molecule has 1 heterocycles. The standard InChI is InChI=1S/C9H14O2S/c1-4-6-9(5-2)11-8(10)7(3)12-9/h4,6-7H,5H2,1-3H3/b6-4+. The van der Waals surface area contributed by atoms with E-state index in [9.17, 15) is 4.79 Å². The van der Waals surface area contributed by atoms with Gasteiger partial charge in [-0.15, -0.1) is 0 Å². The predicted octanol–water partition coefficient (Wildman–Crippen LogP) is 2.35. The highest BCUT2D eigenvalue weighted by Gasteiger charge is 2.42. The highest BCUT2D eigenvalue weighted by molar-refractivity contribution is 8.02. The third kappa shape index (κ3) is 1.66. The summed E-state index contributed by atoms with van der Waals surface area (Å²) in [6.45, 7) is 5.85. The van der Waals surface area contributed by atoms with E-state index in [0.717, 1.165) is 6.42 Å². The van der Waals surface area contributed by atoms with Crippen molar-refractivity contribution in [2.45, 2.75) is 37.4 Å². The van der Waals surface area contributed by atoms with Crippen LogP contribution in [0.4, 0.5) is 0 Å². The summed E-state index contributed by atoms with van der Waals surface area (Å²) < 4.78 is 5.29. The number of cyclic esters (lactones) is 1. The molecule has 1 fully saturated rings. The summed E-state index contributed by atoms with van der Waals surface area (Å²) in [5.41, 5.74) is 0. The van der Waals surface area contributed by atoms with Gasteiger partial charge in [0.2, 0.25) is 0 Å². The van der Waals surface area contributed by atoms with Gasteiger partial charge in [-0.1, -0.05) is 24.8 Å². The second-order valence-electron chi connectivity index (χ2n) is 2.85. The van der Waals surface area contributed by atoms with Crippen LogP contribution in [0.1, 0.15) is 27.2 Å². The Morgan fingerprint density at radius 1 is 1.75 bits per heavy atom. The summed E-state index contributed by atoms with van der Waals surface area (Å²) >= 11 is 1.59. The smallest absolute Gasteiger partial charge is 0.320 e. The van der Waals surface area contributed by atoms with E-state index in [4.69, 9.17) is 4.74 Å². The van der Waals surface area contributed by atoms with Gasteiger partial charge in [0.05, 0.1) is 0 Å². The van der Waals surface area contributed by atoms with Gasteiger partial charge >= 0.3 is 5.97 Å². The molecule has 0 aliphatic carbocycles. The first-order valence-electron chi connectivity index (χ1n) is 4.18. The lowest BCUT2D eigenvalue weighted by molar-refractivity contribution is -0.145. The van der Waals surface area contributed by atoms with Crippen LogP contribution in [0.15, 0.2) is 12.2 Å². The Hall–Kier alpha value is -0.440. The highest BCUT2D eigenvalue weighted by Crippen LogP contribution is 2.42. The fourth-order valence-electron chi connectivity index (χ4n) is 1.23. The van der Waals surface area contributed by atoms with Crippen LogP contribution in [-0.4, -0.2) is 16.2 Å². The number of ether oxygens (including phenoxy) is 1. The summed E-state index contributed by atoms with van der Waals surface area (Å²) in [4.78, 5) is 10.8. The molecule has 2 unspecified atom stereocenters. The molecule has 0 N–H and O–H groups in total. The van der Waals surface area contributed by atoms with E-state index >= 15 is 0 Å². The lowest BCUT2D eigenvalue weighted by atomic mass is 10.2. The van der Waals surface area contributed by atoms with Crippen molar-refractivity contribution in [2.75, 3.05) is 0 Å². The molecule has 1 saturated heterocycles. The molecule has 0 aromatic heterocycles. The van der Waals surface area contributed by atoms with Crippen molar-refractivity contribution in [3.05, 3.63) is 12.2 Å². The summed E-state index contributed by atoms with van der Waals surface area (Å²) in [7, 11) is 0. The molecule has 2 atom stereocenters. The fourth-order valence-corrected chi connectivity index (χ4v) is 2.48. The molecule has 2 nitrogen and oxygen atoms in total. The van der Waals surface area contributed by atoms with Crippen molar-refractivity contribution in [3.63, 3.8) is 0 Å². The first-order valence-corrected chi connectivity index (χ1v) is 5.06. The van der Waals surface area contributed by atoms with Crippen molar-refractivity contribution in [3.8, 4) is 0 Å². The second-order valence-corrected chi connectivity index (χ2v) is 4.48. The van der Waals surface area contributed by atoms with Crippen LogP contribution in [0.5, 0.6) is 0 Å². The Kier molecular flexibility index (Phi) is 2.83. The largest absolute Gasteiger partial charge is 0.443 e. The number of allylic oxidation sites excluding steroid dienone is 1. The minimum atomic E-state index is -0.384. The van der Waals surface area contributed by atoms with Gasteiger partial charge in [-0.05, 0) is 26.3 Å². The lowest BCUT2D eigenvalue weighted by Crippen LogP contribution is -2.20. The van der Waals surface area contributed by atoms with Crippen molar-refractivity contribution in [1.82, 2.24) is 0 Å². The topological polar surface area (TPSA) is 26.3 Å². The molecule has 3 heteroatoms. The number of rotatable bonds is 2. The van der Waals surface area contributed by atoms with Gasteiger partial charge in [-0.3, -0.25) is 4.79 Å². The van der Waals surface area contributed by atoms with Crippen LogP contribution in [0, 0.1) is 0 Å². The first kappa shape index (κ1) is 9.65. The molecule has 12 heavy (non-hydrogen) atoms. The third-order valence-corrected chi connectivity index (χ3v) is 3.35. The summed E-state index contributed by atoms with van der Waals surface area (Å²) in [5.74, 6) is -0.0973. The number of thioether (sulfide) groups is 1. The fraction of sp³-hybridized carbons (Fsp3) is 0.667. The average molecular weight is 186 g/mol. The Balaban J connectivity index is 2.78. The van der Waals surface area contributed by atoms with Gasteiger partial charge in [0.25, 0.3) is 0 Å². The van der Waals surface area contributed by atoms with Crippen molar-refractivity contribution >= 4 is 17.7 Å². The van der Waals surface area contributed by atoms with Crippen LogP contribution in [0.3, 0.4) is 0 Å². The molecule has 0 radical (unpaired) electrons. The molecule has 0 bridgehead atoms. The van der Waals surface area contributed by atoms with E-state index in [1.165, 1.54) is 0 Å². The SMILES string of the molecule is C/C=C/C1(CC)OC(=O)C(C)S1. The molecular weight excluding hydrogens is 172 g/mol. The summed E-state index contributed by atoms with van der Waals surface area (Å²) in [6, 6.07) is 0. The lowest BCUT2D eigenvalue weighted by Gasteiger charge is -2.20. The molecular formula is C9H14O2S. The number of carbonyl (C=O) groups excluding carboxylic acids is 1. The van der Waals surface area contributed by atoms with Crippen molar-refractivity contribution in [1.29, 1.82) is 0 Å².